The average molecular weight is 865 g/mol. The van der Waals surface area contributed by atoms with Crippen LogP contribution in [0.5, 0.6) is 0 Å². The van der Waals surface area contributed by atoms with Gasteiger partial charge in [0.15, 0.2) is 0 Å². The third kappa shape index (κ3) is 6.83. The van der Waals surface area contributed by atoms with Crippen molar-refractivity contribution in [2.24, 2.45) is 0 Å². The zero-order valence-corrected chi connectivity index (χ0v) is 38.7. The van der Waals surface area contributed by atoms with E-state index < -0.39 is 25.8 Å². The minimum absolute atomic E-state index is 0. The summed E-state index contributed by atoms with van der Waals surface area (Å²) >= 11 is -2.64. The molecule has 0 saturated heterocycles. The quantitative estimate of drug-likeness (QED) is 0.126. The Hall–Kier alpha value is -3.52. The Labute approximate surface area is 354 Å². The molecule has 280 valence electrons. The molecule has 0 spiro atoms. The summed E-state index contributed by atoms with van der Waals surface area (Å²) < 4.78 is 0.971. The van der Waals surface area contributed by atoms with E-state index in [0.29, 0.717) is 7.25 Å². The molecule has 0 aromatic heterocycles. The number of allylic oxidation sites excluding steroid dienone is 1. The van der Waals surface area contributed by atoms with Gasteiger partial charge in [-0.05, 0) is 0 Å². The van der Waals surface area contributed by atoms with Gasteiger partial charge in [0, 0.05) is 0 Å². The van der Waals surface area contributed by atoms with E-state index >= 15 is 0 Å². The van der Waals surface area contributed by atoms with Crippen LogP contribution in [0.1, 0.15) is 89.1 Å². The standard InChI is InChI=1S/C24H17.C21H25.C7H8Si.2ClH.Zr/c1-16-13-17-8-6-12-22(23(17)14-16)24-15-18-7-2-3-9-19(18)20-10-4-5-11-21(20)24;1-20(2,3)16-7-9-18-14(12-16)11-15-13-17(21(4,5)6)8-10-19(15)18;1-8-7-5-3-2-4-6-7;;;/h2-15H,1H3;7-13H,1-6H3;2-6H,1H3;2*1H;/q;;;;;+2/p-2. The van der Waals surface area contributed by atoms with Crippen LogP contribution in [-0.4, -0.2) is 5.43 Å². The topological polar surface area (TPSA) is 0 Å². The second kappa shape index (κ2) is 15.3. The van der Waals surface area contributed by atoms with E-state index in [0.717, 1.165) is 0 Å². The summed E-state index contributed by atoms with van der Waals surface area (Å²) in [6, 6.07) is 54.4. The van der Waals surface area contributed by atoms with Crippen LogP contribution < -0.4 is 30.0 Å². The van der Waals surface area contributed by atoms with Crippen molar-refractivity contribution < 1.29 is 45.2 Å². The fourth-order valence-electron chi connectivity index (χ4n) is 9.46. The first kappa shape index (κ1) is 40.7. The molecule has 56 heavy (non-hydrogen) atoms. The van der Waals surface area contributed by atoms with E-state index in [9.17, 15) is 0 Å². The first-order chi connectivity index (χ1) is 25.9. The summed E-state index contributed by atoms with van der Waals surface area (Å²) in [6.07, 6.45) is 2.61. The minimum Gasteiger partial charge on any atom is -1.00 e. The molecule has 2 aliphatic rings. The fourth-order valence-corrected chi connectivity index (χ4v) is 32.0. The molecule has 0 heterocycles. The Morgan fingerprint density at radius 3 is 1.64 bits per heavy atom. The maximum absolute atomic E-state index is 2.69. The molecule has 0 N–H and O–H groups in total. The van der Waals surface area contributed by atoms with Crippen molar-refractivity contribution in [3.05, 3.63) is 178 Å². The maximum Gasteiger partial charge on any atom is -1.00 e. The van der Waals surface area contributed by atoms with Crippen LogP contribution in [0.2, 0.25) is 6.55 Å². The zero-order valence-electron chi connectivity index (χ0n) is 33.8. The summed E-state index contributed by atoms with van der Waals surface area (Å²) in [5.74, 6) is 0. The van der Waals surface area contributed by atoms with E-state index in [-0.39, 0.29) is 35.6 Å². The van der Waals surface area contributed by atoms with E-state index in [1.165, 1.54) is 60.5 Å². The Kier molecular flexibility index (Phi) is 11.1. The van der Waals surface area contributed by atoms with Gasteiger partial charge >= 0.3 is 332 Å². The van der Waals surface area contributed by atoms with Crippen LogP contribution in [0.3, 0.4) is 0 Å². The van der Waals surface area contributed by atoms with Gasteiger partial charge in [0.05, 0.1) is 0 Å². The molecule has 4 heteroatoms. The van der Waals surface area contributed by atoms with Crippen LogP contribution >= 0.6 is 0 Å². The van der Waals surface area contributed by atoms with Crippen LogP contribution in [0.4, 0.5) is 0 Å². The molecule has 0 bridgehead atoms. The predicted molar refractivity (Wildman–Crippen MR) is 232 cm³/mol. The van der Waals surface area contributed by atoms with E-state index in [1.807, 2.05) is 0 Å². The predicted octanol–water partition coefficient (Wildman–Crippen LogP) is 7.64. The van der Waals surface area contributed by atoms with Crippen molar-refractivity contribution in [3.8, 4) is 22.3 Å². The number of hydrogen-bond acceptors (Lipinski definition) is 0. The number of rotatable bonds is 4. The second-order valence-corrected chi connectivity index (χ2v) is 33.7. The third-order valence-electron chi connectivity index (χ3n) is 12.3. The summed E-state index contributed by atoms with van der Waals surface area (Å²) in [5, 5.41) is 6.91. The summed E-state index contributed by atoms with van der Waals surface area (Å²) in [6.45, 7) is 19.4. The molecule has 7 aromatic carbocycles. The molecule has 1 atom stereocenters. The minimum atomic E-state index is -2.64. The van der Waals surface area contributed by atoms with Gasteiger partial charge in [0.1, 0.15) is 0 Å². The van der Waals surface area contributed by atoms with Gasteiger partial charge in [0.25, 0.3) is 0 Å². The Bertz CT molecular complexity index is 2650. The molecule has 0 aliphatic heterocycles. The molecule has 7 aromatic rings. The van der Waals surface area contributed by atoms with Gasteiger partial charge in [-0.2, -0.15) is 0 Å². The first-order valence-electron chi connectivity index (χ1n) is 19.7. The molecule has 0 radical (unpaired) electrons. The molecule has 0 fully saturated rings. The van der Waals surface area contributed by atoms with E-state index in [2.05, 4.69) is 201 Å². The largest absolute Gasteiger partial charge is 1.00 e. The second-order valence-electron chi connectivity index (χ2n) is 17.8. The Balaban J connectivity index is 0.00000240. The van der Waals surface area contributed by atoms with Crippen molar-refractivity contribution in [2.45, 2.75) is 73.1 Å². The molecule has 2 aliphatic carbocycles. The molecule has 1 unspecified atom stereocenters. The molecular weight excluding hydrogens is 815 g/mol. The summed E-state index contributed by atoms with van der Waals surface area (Å²) in [7, 11) is 0. The third-order valence-corrected chi connectivity index (χ3v) is 32.8. The van der Waals surface area contributed by atoms with Gasteiger partial charge in [-0.1, -0.05) is 0 Å². The van der Waals surface area contributed by atoms with E-state index in [4.69, 9.17) is 0 Å². The van der Waals surface area contributed by atoms with Crippen molar-refractivity contribution >= 4 is 38.2 Å². The Morgan fingerprint density at radius 2 is 1.04 bits per heavy atom. The Morgan fingerprint density at radius 1 is 0.482 bits per heavy atom. The number of fused-ring (bicyclic) bond motifs is 7. The smallest absolute Gasteiger partial charge is 1.00 e. The molecular formula is C52H50Cl2SiZr. The first-order valence-corrected chi connectivity index (χ1v) is 28.2. The fraction of sp³-hybridized carbons (Fsp3) is 0.231. The normalized spacial score (nSPS) is 15.0. The van der Waals surface area contributed by atoms with E-state index in [1.54, 1.807) is 27.5 Å². The van der Waals surface area contributed by atoms with Gasteiger partial charge < -0.3 is 24.8 Å². The van der Waals surface area contributed by atoms with Gasteiger partial charge in [-0.25, -0.2) is 0 Å². The SMILES string of the molecule is CC1=Cc2c(-c3cc4ccccc4c4ccccc34)cccc2[CH]1/[Zr+2]([CH]1c2cc(C(C)(C)C)ccc2-c2ccc(C(C)(C)C)cc21)=[Si](/C)c1ccccc1.[Cl-].[Cl-]. The summed E-state index contributed by atoms with van der Waals surface area (Å²) in [5.41, 5.74) is 15.6. The van der Waals surface area contributed by atoms with Gasteiger partial charge in [0.2, 0.25) is 0 Å². The van der Waals surface area contributed by atoms with Gasteiger partial charge in [-0.3, -0.25) is 0 Å². The van der Waals surface area contributed by atoms with Crippen LogP contribution in [0.25, 0.3) is 49.9 Å². The van der Waals surface area contributed by atoms with Crippen molar-refractivity contribution in [3.63, 3.8) is 0 Å². The number of benzene rings is 7. The maximum atomic E-state index is 2.69. The van der Waals surface area contributed by atoms with Crippen molar-refractivity contribution in [1.29, 1.82) is 0 Å². The van der Waals surface area contributed by atoms with Crippen LogP contribution in [-0.2, 0) is 31.2 Å². The van der Waals surface area contributed by atoms with Crippen molar-refractivity contribution in [1.82, 2.24) is 0 Å². The van der Waals surface area contributed by atoms with Crippen molar-refractivity contribution in [2.75, 3.05) is 0 Å². The van der Waals surface area contributed by atoms with Crippen LogP contribution in [0.15, 0.2) is 145 Å². The molecule has 0 saturated carbocycles. The average Bonchev–Trinajstić information content (AvgIpc) is 3.67. The molecule has 0 amide bonds. The summed E-state index contributed by atoms with van der Waals surface area (Å²) in [4.78, 5) is 0. The van der Waals surface area contributed by atoms with Gasteiger partial charge in [-0.15, -0.1) is 0 Å². The van der Waals surface area contributed by atoms with Crippen LogP contribution in [0, 0.1) is 0 Å². The zero-order chi connectivity index (χ0) is 37.5. The molecule has 9 rings (SSSR count). The number of halogens is 2. The molecule has 0 nitrogen and oxygen atoms in total. The number of hydrogen-bond donors (Lipinski definition) is 0. The monoisotopic (exact) mass is 862 g/mol.